The van der Waals surface area contributed by atoms with Crippen LogP contribution in [0, 0.1) is 0 Å². The van der Waals surface area contributed by atoms with Gasteiger partial charge in [0.2, 0.25) is 3.79 Å². The van der Waals surface area contributed by atoms with Gasteiger partial charge in [-0.2, -0.15) is 0 Å². The van der Waals surface area contributed by atoms with Crippen molar-refractivity contribution in [2.24, 2.45) is 0 Å². The summed E-state index contributed by atoms with van der Waals surface area (Å²) in [6.45, 7) is 20.5. The van der Waals surface area contributed by atoms with Gasteiger partial charge in [0, 0.05) is 0 Å². The lowest BCUT2D eigenvalue weighted by Crippen LogP contribution is -2.84. The van der Waals surface area contributed by atoms with E-state index in [1.807, 2.05) is 0 Å². The molecular formula is C11H29Cl3OSi4. The van der Waals surface area contributed by atoms with Crippen LogP contribution < -0.4 is 0 Å². The van der Waals surface area contributed by atoms with Crippen molar-refractivity contribution >= 4 is 64.4 Å². The third-order valence-corrected chi connectivity index (χ3v) is 71.7. The lowest BCUT2D eigenvalue weighted by atomic mass is 10.9. The second-order valence-corrected chi connectivity index (χ2v) is 50.3. The summed E-state index contributed by atoms with van der Waals surface area (Å²) in [7, 11) is -4.33. The lowest BCUT2D eigenvalue weighted by molar-refractivity contribution is 0.339. The van der Waals surface area contributed by atoms with E-state index in [0.29, 0.717) is 0 Å². The first-order chi connectivity index (χ1) is 7.96. The molecule has 0 fully saturated rings. The zero-order valence-corrected chi connectivity index (χ0v) is 20.0. The van der Waals surface area contributed by atoms with Crippen molar-refractivity contribution in [1.29, 1.82) is 0 Å². The van der Waals surface area contributed by atoms with E-state index >= 15 is 0 Å². The summed E-state index contributed by atoms with van der Waals surface area (Å²) < 4.78 is 5.32. The molecule has 0 aliphatic heterocycles. The minimum atomic E-state index is -1.85. The van der Waals surface area contributed by atoms with Gasteiger partial charge >= 0.3 is 0 Å². The van der Waals surface area contributed by atoms with E-state index in [1.54, 1.807) is 0 Å². The number of hydrogen-bond acceptors (Lipinski definition) is 1. The maximum Gasteiger partial charge on any atom is 0.212 e. The molecule has 1 nitrogen and oxygen atoms in total. The van der Waals surface area contributed by atoms with E-state index < -0.39 is 33.4 Å². The SMILES string of the molecule is C[Si](C)(C)[Si](OCC(Cl)(Cl)Cl)([Si](C)(C)C)[Si](C)(C)C. The Morgan fingerprint density at radius 3 is 1.11 bits per heavy atom. The van der Waals surface area contributed by atoms with Gasteiger partial charge in [0.25, 0.3) is 0 Å². The highest BCUT2D eigenvalue weighted by Gasteiger charge is 2.64. The molecule has 0 rings (SSSR count). The molecule has 0 unspecified atom stereocenters. The molecule has 0 heterocycles. The first kappa shape index (κ1) is 20.7. The Hall–Kier alpha value is 1.70. The molecule has 116 valence electrons. The fourth-order valence-corrected chi connectivity index (χ4v) is 98.7. The van der Waals surface area contributed by atoms with Gasteiger partial charge in [-0.25, -0.2) is 0 Å². The second kappa shape index (κ2) is 6.06. The molecule has 0 bridgehead atoms. The first-order valence-corrected chi connectivity index (χ1v) is 23.2. The van der Waals surface area contributed by atoms with Gasteiger partial charge in [-0.1, -0.05) is 93.7 Å². The topological polar surface area (TPSA) is 9.23 Å². The van der Waals surface area contributed by atoms with E-state index in [-0.39, 0.29) is 6.61 Å². The highest BCUT2D eigenvalue weighted by Crippen LogP contribution is 2.39. The minimum Gasteiger partial charge on any atom is -0.422 e. The van der Waals surface area contributed by atoms with Crippen molar-refractivity contribution in [3.63, 3.8) is 0 Å². The van der Waals surface area contributed by atoms with Gasteiger partial charge in [-0.3, -0.25) is 0 Å². The molecule has 0 N–H and O–H groups in total. The van der Waals surface area contributed by atoms with Gasteiger partial charge in [-0.15, -0.1) is 0 Å². The van der Waals surface area contributed by atoms with E-state index in [2.05, 4.69) is 58.9 Å². The summed E-state index contributed by atoms with van der Waals surface area (Å²) in [5, 5.41) is 0. The lowest BCUT2D eigenvalue weighted by Gasteiger charge is -2.56. The molecule has 0 aromatic heterocycles. The maximum atomic E-state index is 6.62. The van der Waals surface area contributed by atoms with Crippen molar-refractivity contribution in [3.05, 3.63) is 0 Å². The average molecular weight is 396 g/mol. The number of hydrogen-bond donors (Lipinski definition) is 0. The molecular weight excluding hydrogens is 367 g/mol. The Morgan fingerprint density at radius 1 is 0.684 bits per heavy atom. The number of rotatable bonds is 5. The fraction of sp³-hybridized carbons (Fsp3) is 1.00. The van der Waals surface area contributed by atoms with Crippen LogP contribution in [-0.4, -0.2) is 40.0 Å². The van der Waals surface area contributed by atoms with Crippen LogP contribution in [0.4, 0.5) is 0 Å². The highest BCUT2D eigenvalue weighted by atomic mass is 35.6. The van der Waals surface area contributed by atoms with Crippen LogP contribution >= 0.6 is 34.8 Å². The van der Waals surface area contributed by atoms with E-state index in [0.717, 1.165) is 0 Å². The monoisotopic (exact) mass is 394 g/mol. The third-order valence-electron chi connectivity index (χ3n) is 3.62. The molecule has 19 heavy (non-hydrogen) atoms. The van der Waals surface area contributed by atoms with Crippen molar-refractivity contribution in [2.75, 3.05) is 6.61 Å². The Balaban J connectivity index is 5.83. The Labute approximate surface area is 137 Å². The van der Waals surface area contributed by atoms with Gasteiger partial charge in [-0.05, 0) is 0 Å². The molecule has 0 saturated heterocycles. The van der Waals surface area contributed by atoms with Crippen LogP contribution in [0.15, 0.2) is 0 Å². The smallest absolute Gasteiger partial charge is 0.212 e. The predicted octanol–water partition coefficient (Wildman–Crippen LogP) is 5.57. The predicted molar refractivity (Wildman–Crippen MR) is 102 cm³/mol. The Kier molecular flexibility index (Phi) is 6.61. The highest BCUT2D eigenvalue weighted by molar-refractivity contribution is 7.87. The summed E-state index contributed by atoms with van der Waals surface area (Å²) in [4.78, 5) is 0. The molecule has 0 atom stereocenters. The Morgan fingerprint density at radius 2 is 0.947 bits per heavy atom. The second-order valence-electron chi connectivity index (χ2n) is 8.34. The Bertz CT molecular complexity index is 274. The standard InChI is InChI=1S/C11H29Cl3OSi4/c1-16(2,3)19(17(4,5)6,18(7,8)9)15-10-11(12,13)14/h10H2,1-9H3. The summed E-state index contributed by atoms with van der Waals surface area (Å²) in [6, 6.07) is 0. The molecule has 0 aliphatic carbocycles. The number of alkyl halides is 3. The maximum absolute atomic E-state index is 6.62. The zero-order chi connectivity index (χ0) is 15.9. The van der Waals surface area contributed by atoms with Crippen LogP contribution in [0.25, 0.3) is 0 Å². The van der Waals surface area contributed by atoms with Crippen molar-refractivity contribution < 1.29 is 4.43 Å². The largest absolute Gasteiger partial charge is 0.422 e. The number of halogens is 3. The quantitative estimate of drug-likeness (QED) is 0.436. The molecule has 0 amide bonds. The minimum absolute atomic E-state index is 0.253. The summed E-state index contributed by atoms with van der Waals surface area (Å²) >= 11 is 17.9. The van der Waals surface area contributed by atoms with Crippen molar-refractivity contribution in [2.45, 2.75) is 62.7 Å². The summed E-state index contributed by atoms with van der Waals surface area (Å²) in [5.41, 5.74) is 0. The molecule has 0 spiro atoms. The molecule has 8 heteroatoms. The van der Waals surface area contributed by atoms with Gasteiger partial charge in [0.15, 0.2) is 6.87 Å². The van der Waals surface area contributed by atoms with Gasteiger partial charge in [0.1, 0.15) is 0 Å². The van der Waals surface area contributed by atoms with Gasteiger partial charge < -0.3 is 4.43 Å². The van der Waals surface area contributed by atoms with E-state index in [4.69, 9.17) is 39.2 Å². The van der Waals surface area contributed by atoms with Crippen LogP contribution in [0.5, 0.6) is 0 Å². The molecule has 0 aromatic rings. The molecule has 0 saturated carbocycles. The fourth-order valence-electron chi connectivity index (χ4n) is 4.21. The normalized spacial score (nSPS) is 15.8. The summed E-state index contributed by atoms with van der Waals surface area (Å²) in [5.74, 6) is 0. The van der Waals surface area contributed by atoms with Gasteiger partial charge in [0.05, 0.1) is 29.4 Å². The summed E-state index contributed by atoms with van der Waals surface area (Å²) in [6.07, 6.45) is 0. The molecule has 0 aliphatic rings. The van der Waals surface area contributed by atoms with Crippen LogP contribution in [0.1, 0.15) is 0 Å². The van der Waals surface area contributed by atoms with Crippen molar-refractivity contribution in [3.8, 4) is 0 Å². The first-order valence-electron chi connectivity index (χ1n) is 6.66. The average Bonchev–Trinajstić information content (AvgIpc) is 1.92. The third kappa shape index (κ3) is 4.84. The van der Waals surface area contributed by atoms with Crippen LogP contribution in [0.2, 0.25) is 58.9 Å². The van der Waals surface area contributed by atoms with E-state index in [1.165, 1.54) is 0 Å². The molecule has 0 aromatic carbocycles. The molecule has 0 radical (unpaired) electrons. The zero-order valence-electron chi connectivity index (χ0n) is 13.7. The van der Waals surface area contributed by atoms with E-state index in [9.17, 15) is 0 Å². The van der Waals surface area contributed by atoms with Crippen molar-refractivity contribution in [1.82, 2.24) is 0 Å². The van der Waals surface area contributed by atoms with Crippen LogP contribution in [0.3, 0.4) is 0 Å². The van der Waals surface area contributed by atoms with Crippen LogP contribution in [-0.2, 0) is 4.43 Å².